The fourth-order valence-corrected chi connectivity index (χ4v) is 1.89. The molecule has 0 aliphatic carbocycles. The molecule has 0 unspecified atom stereocenters. The maximum atomic E-state index is 10.8. The van der Waals surface area contributed by atoms with Crippen LogP contribution in [0.1, 0.15) is 12.5 Å². The van der Waals surface area contributed by atoms with E-state index in [4.69, 9.17) is 4.74 Å². The van der Waals surface area contributed by atoms with E-state index in [-0.39, 0.29) is 5.78 Å². The number of hydrogen-bond donors (Lipinski definition) is 1. The Kier molecular flexibility index (Phi) is 3.95. The van der Waals surface area contributed by atoms with Crippen molar-refractivity contribution >= 4 is 16.6 Å². The summed E-state index contributed by atoms with van der Waals surface area (Å²) in [5, 5.41) is 5.45. The van der Waals surface area contributed by atoms with E-state index in [1.807, 2.05) is 18.2 Å². The van der Waals surface area contributed by atoms with Crippen LogP contribution in [0.3, 0.4) is 0 Å². The molecule has 1 N–H and O–H groups in total. The molecule has 2 aromatic carbocycles. The topological polar surface area (TPSA) is 38.3 Å². The zero-order chi connectivity index (χ0) is 13.0. The smallest absolute Gasteiger partial charge is 0.143 e. The summed E-state index contributed by atoms with van der Waals surface area (Å²) in [5.74, 6) is 1.02. The monoisotopic (exact) mass is 243 g/mol. The van der Waals surface area contributed by atoms with Crippen LogP contribution < -0.4 is 10.1 Å². The molecule has 0 fully saturated rings. The van der Waals surface area contributed by atoms with E-state index in [2.05, 4.69) is 23.5 Å². The van der Waals surface area contributed by atoms with Gasteiger partial charge in [-0.3, -0.25) is 4.79 Å². The van der Waals surface area contributed by atoms with E-state index >= 15 is 0 Å². The Morgan fingerprint density at radius 3 is 2.61 bits per heavy atom. The average molecular weight is 243 g/mol. The van der Waals surface area contributed by atoms with Gasteiger partial charge in [-0.1, -0.05) is 18.2 Å². The summed E-state index contributed by atoms with van der Waals surface area (Å²) in [4.78, 5) is 10.8. The van der Waals surface area contributed by atoms with Crippen LogP contribution in [0.15, 0.2) is 36.4 Å². The Morgan fingerprint density at radius 1 is 1.17 bits per heavy atom. The molecule has 0 saturated heterocycles. The number of rotatable bonds is 5. The fraction of sp³-hybridized carbons (Fsp3) is 0.267. The van der Waals surface area contributed by atoms with Crippen molar-refractivity contribution in [2.24, 2.45) is 0 Å². The fourth-order valence-electron chi connectivity index (χ4n) is 1.89. The number of ether oxygens (including phenoxy) is 1. The number of ketones is 1. The molecule has 0 radical (unpaired) electrons. The minimum Gasteiger partial charge on any atom is -0.497 e. The Labute approximate surface area is 107 Å². The van der Waals surface area contributed by atoms with Gasteiger partial charge in [-0.2, -0.15) is 0 Å². The third-order valence-electron chi connectivity index (χ3n) is 2.81. The number of hydrogen-bond acceptors (Lipinski definition) is 3. The van der Waals surface area contributed by atoms with Crippen molar-refractivity contribution in [1.82, 2.24) is 5.32 Å². The van der Waals surface area contributed by atoms with Crippen LogP contribution in [-0.2, 0) is 11.3 Å². The molecule has 0 bridgehead atoms. The molecule has 0 spiro atoms. The number of benzene rings is 2. The molecule has 0 heterocycles. The van der Waals surface area contributed by atoms with Gasteiger partial charge in [0, 0.05) is 6.54 Å². The van der Waals surface area contributed by atoms with Crippen LogP contribution in [-0.4, -0.2) is 19.4 Å². The number of nitrogens with one attached hydrogen (secondary N) is 1. The van der Waals surface area contributed by atoms with Gasteiger partial charge in [0.05, 0.1) is 13.7 Å². The van der Waals surface area contributed by atoms with Gasteiger partial charge >= 0.3 is 0 Å². The highest BCUT2D eigenvalue weighted by Crippen LogP contribution is 2.21. The van der Waals surface area contributed by atoms with Crippen LogP contribution in [0.2, 0.25) is 0 Å². The molecule has 0 aliphatic rings. The van der Waals surface area contributed by atoms with Crippen molar-refractivity contribution in [2.45, 2.75) is 13.5 Å². The molecule has 18 heavy (non-hydrogen) atoms. The zero-order valence-electron chi connectivity index (χ0n) is 10.7. The summed E-state index contributed by atoms with van der Waals surface area (Å²) in [6.07, 6.45) is 0. The number of methoxy groups -OCH3 is 1. The minimum absolute atomic E-state index is 0.153. The van der Waals surface area contributed by atoms with Gasteiger partial charge in [0.25, 0.3) is 0 Å². The van der Waals surface area contributed by atoms with Crippen molar-refractivity contribution in [2.75, 3.05) is 13.7 Å². The molecule has 2 rings (SSSR count). The molecular weight excluding hydrogens is 226 g/mol. The predicted molar refractivity (Wildman–Crippen MR) is 72.9 cm³/mol. The van der Waals surface area contributed by atoms with Crippen molar-refractivity contribution in [1.29, 1.82) is 0 Å². The van der Waals surface area contributed by atoms with Gasteiger partial charge in [0.15, 0.2) is 0 Å². The van der Waals surface area contributed by atoms with E-state index in [1.54, 1.807) is 14.0 Å². The van der Waals surface area contributed by atoms with Crippen LogP contribution in [0, 0.1) is 0 Å². The summed E-state index contributed by atoms with van der Waals surface area (Å²) in [6, 6.07) is 12.3. The molecule has 0 aliphatic heterocycles. The van der Waals surface area contributed by atoms with E-state index in [1.165, 1.54) is 10.9 Å². The van der Waals surface area contributed by atoms with Gasteiger partial charge in [0.1, 0.15) is 11.5 Å². The van der Waals surface area contributed by atoms with E-state index in [0.29, 0.717) is 13.1 Å². The summed E-state index contributed by atoms with van der Waals surface area (Å²) in [6.45, 7) is 2.71. The van der Waals surface area contributed by atoms with E-state index in [9.17, 15) is 4.79 Å². The molecule has 0 saturated carbocycles. The van der Waals surface area contributed by atoms with Gasteiger partial charge in [-0.15, -0.1) is 0 Å². The lowest BCUT2D eigenvalue weighted by Gasteiger charge is -2.06. The lowest BCUT2D eigenvalue weighted by atomic mass is 10.1. The van der Waals surface area contributed by atoms with Crippen molar-refractivity contribution in [3.63, 3.8) is 0 Å². The minimum atomic E-state index is 0.153. The summed E-state index contributed by atoms with van der Waals surface area (Å²) in [5.41, 5.74) is 1.17. The second kappa shape index (κ2) is 5.65. The predicted octanol–water partition coefficient (Wildman–Crippen LogP) is 2.53. The first kappa shape index (κ1) is 12.6. The summed E-state index contributed by atoms with van der Waals surface area (Å²) < 4.78 is 5.19. The molecule has 3 heteroatoms. The first-order valence-corrected chi connectivity index (χ1v) is 5.96. The van der Waals surface area contributed by atoms with Crippen molar-refractivity contribution in [3.05, 3.63) is 42.0 Å². The maximum absolute atomic E-state index is 10.8. The Hall–Kier alpha value is -1.87. The van der Waals surface area contributed by atoms with E-state index < -0.39 is 0 Å². The first-order chi connectivity index (χ1) is 8.69. The van der Waals surface area contributed by atoms with Crippen molar-refractivity contribution < 1.29 is 9.53 Å². The normalized spacial score (nSPS) is 10.6. The van der Waals surface area contributed by atoms with Crippen LogP contribution in [0.5, 0.6) is 5.75 Å². The quantitative estimate of drug-likeness (QED) is 0.877. The van der Waals surface area contributed by atoms with Gasteiger partial charge < -0.3 is 10.1 Å². The summed E-state index contributed by atoms with van der Waals surface area (Å²) in [7, 11) is 1.67. The highest BCUT2D eigenvalue weighted by atomic mass is 16.5. The molecule has 0 amide bonds. The highest BCUT2D eigenvalue weighted by molar-refractivity contribution is 5.84. The average Bonchev–Trinajstić information content (AvgIpc) is 2.37. The molecular formula is C15H17NO2. The molecule has 94 valence electrons. The molecule has 0 aromatic heterocycles. The van der Waals surface area contributed by atoms with Crippen LogP contribution >= 0.6 is 0 Å². The molecule has 0 atom stereocenters. The largest absolute Gasteiger partial charge is 0.497 e. The lowest BCUT2D eigenvalue weighted by molar-refractivity contribution is -0.116. The maximum Gasteiger partial charge on any atom is 0.143 e. The second-order valence-corrected chi connectivity index (χ2v) is 4.35. The van der Waals surface area contributed by atoms with Gasteiger partial charge in [-0.25, -0.2) is 0 Å². The third kappa shape index (κ3) is 3.08. The number of carbonyl (C=O) groups is 1. The van der Waals surface area contributed by atoms with Crippen molar-refractivity contribution in [3.8, 4) is 5.75 Å². The van der Waals surface area contributed by atoms with E-state index in [0.717, 1.165) is 11.1 Å². The summed E-state index contributed by atoms with van der Waals surface area (Å²) >= 11 is 0. The van der Waals surface area contributed by atoms with Crippen LogP contribution in [0.4, 0.5) is 0 Å². The third-order valence-corrected chi connectivity index (χ3v) is 2.81. The standard InChI is InChI=1S/C15H17NO2/c1-11(17)9-16-10-12-3-4-14-8-15(18-2)6-5-13(14)7-12/h3-8,16H,9-10H2,1-2H3. The lowest BCUT2D eigenvalue weighted by Crippen LogP contribution is -2.20. The molecule has 2 aromatic rings. The van der Waals surface area contributed by atoms with Gasteiger partial charge in [-0.05, 0) is 41.5 Å². The number of Topliss-reactive ketones (excluding diaryl/α,β-unsaturated/α-hetero) is 1. The zero-order valence-corrected chi connectivity index (χ0v) is 10.7. The Bertz CT molecular complexity index is 563. The SMILES string of the molecule is COc1ccc2cc(CNCC(C)=O)ccc2c1. The highest BCUT2D eigenvalue weighted by Gasteiger charge is 1.99. The van der Waals surface area contributed by atoms with Crippen LogP contribution in [0.25, 0.3) is 10.8 Å². The first-order valence-electron chi connectivity index (χ1n) is 5.96. The second-order valence-electron chi connectivity index (χ2n) is 4.35. The Morgan fingerprint density at radius 2 is 1.89 bits per heavy atom. The number of fused-ring (bicyclic) bond motifs is 1. The Balaban J connectivity index is 2.15. The molecule has 3 nitrogen and oxygen atoms in total. The number of carbonyl (C=O) groups excluding carboxylic acids is 1. The van der Waals surface area contributed by atoms with Gasteiger partial charge in [0.2, 0.25) is 0 Å².